The van der Waals surface area contributed by atoms with Crippen molar-refractivity contribution in [3.63, 3.8) is 0 Å². The van der Waals surface area contributed by atoms with E-state index in [0.29, 0.717) is 164 Å². The highest BCUT2D eigenvalue weighted by molar-refractivity contribution is 5.90. The van der Waals surface area contributed by atoms with E-state index in [1.807, 2.05) is 6.92 Å². The standard InChI is InChI=1S/C39H73N9O17/c1-3-54-8-9-56-12-13-58-16-17-60-20-21-62-24-25-64-27-26-63-23-22-61-19-18-59-15-14-57-11-10-55-7-6-48-32-35(46-47-48)33-65-34(2)40-4-5-41-36(49)28-42-37(50)29-43-38(51)30-44-39(52)31-45-53/h32,40,45,53H,2-31,33H2,1H3,(H,41,49)(H,42,50)(H,43,51)(H,44,52). The van der Waals surface area contributed by atoms with Crippen LogP contribution in [0, 0.1) is 0 Å². The molecule has 0 saturated carbocycles. The lowest BCUT2D eigenvalue weighted by atomic mass is 10.4. The van der Waals surface area contributed by atoms with Gasteiger partial charge in [-0.05, 0) is 13.5 Å². The zero-order valence-corrected chi connectivity index (χ0v) is 37.8. The Morgan fingerprint density at radius 1 is 0.508 bits per heavy atom. The number of rotatable bonds is 49. The van der Waals surface area contributed by atoms with Crippen LogP contribution in [0.1, 0.15) is 12.6 Å². The van der Waals surface area contributed by atoms with Crippen molar-refractivity contribution >= 4 is 23.6 Å². The highest BCUT2D eigenvalue weighted by Crippen LogP contribution is 2.00. The third-order valence-electron chi connectivity index (χ3n) is 7.72. The lowest BCUT2D eigenvalue weighted by Crippen LogP contribution is -2.45. The van der Waals surface area contributed by atoms with Gasteiger partial charge in [-0.15, -0.1) is 5.10 Å². The van der Waals surface area contributed by atoms with Gasteiger partial charge in [0.05, 0.1) is 178 Å². The predicted octanol–water partition coefficient (Wildman–Crippen LogP) is -3.50. The molecule has 0 bridgehead atoms. The van der Waals surface area contributed by atoms with E-state index in [-0.39, 0.29) is 45.2 Å². The molecule has 0 aliphatic rings. The second kappa shape index (κ2) is 45.0. The summed E-state index contributed by atoms with van der Waals surface area (Å²) in [6.07, 6.45) is 1.73. The van der Waals surface area contributed by atoms with Crippen molar-refractivity contribution in [1.82, 2.24) is 47.1 Å². The summed E-state index contributed by atoms with van der Waals surface area (Å²) < 4.78 is 67.2. The summed E-state index contributed by atoms with van der Waals surface area (Å²) in [6, 6.07) is 0. The van der Waals surface area contributed by atoms with Crippen LogP contribution in [0.15, 0.2) is 18.7 Å². The van der Waals surface area contributed by atoms with Crippen LogP contribution in [0.2, 0.25) is 0 Å². The number of carbonyl (C=O) groups excluding carboxylic acids is 4. The first-order valence-electron chi connectivity index (χ1n) is 21.6. The number of ether oxygens (including phenoxy) is 12. The van der Waals surface area contributed by atoms with Crippen LogP contribution in [-0.2, 0) is 89.2 Å². The van der Waals surface area contributed by atoms with Crippen LogP contribution in [0.5, 0.6) is 0 Å². The van der Waals surface area contributed by atoms with Crippen molar-refractivity contribution in [2.75, 3.05) is 185 Å². The quantitative estimate of drug-likeness (QED) is 0.0189. The van der Waals surface area contributed by atoms with E-state index >= 15 is 0 Å². The molecule has 26 nitrogen and oxygen atoms in total. The van der Waals surface area contributed by atoms with Gasteiger partial charge in [0, 0.05) is 19.7 Å². The van der Waals surface area contributed by atoms with Gasteiger partial charge < -0.3 is 88.6 Å². The Hall–Kier alpha value is -4.16. The number of hydroxylamine groups is 1. The van der Waals surface area contributed by atoms with Gasteiger partial charge in [0.15, 0.2) is 5.88 Å². The van der Waals surface area contributed by atoms with Crippen molar-refractivity contribution < 1.29 is 81.2 Å². The molecule has 26 heteroatoms. The SMILES string of the molecule is C=C(NCCNC(=O)CNC(=O)CNC(=O)CNC(=O)CNO)OCc1cn(CCOCCOCCOCCOCCOCCOCCOCCOCCOCCOCCOCC)nn1. The maximum atomic E-state index is 12.0. The van der Waals surface area contributed by atoms with Crippen molar-refractivity contribution in [2.45, 2.75) is 20.1 Å². The third-order valence-corrected chi connectivity index (χ3v) is 7.72. The Balaban J connectivity index is 1.81. The van der Waals surface area contributed by atoms with Crippen LogP contribution >= 0.6 is 0 Å². The van der Waals surface area contributed by atoms with E-state index in [9.17, 15) is 19.2 Å². The second-order valence-corrected chi connectivity index (χ2v) is 12.9. The molecule has 0 aliphatic heterocycles. The Bertz CT molecular complexity index is 1340. The summed E-state index contributed by atoms with van der Waals surface area (Å²) in [6.45, 7) is 16.4. The zero-order valence-electron chi connectivity index (χ0n) is 37.8. The number of nitrogens with zero attached hydrogens (tertiary/aromatic N) is 3. The van der Waals surface area contributed by atoms with Gasteiger partial charge >= 0.3 is 0 Å². The number of hydrogen-bond donors (Lipinski definition) is 7. The molecule has 376 valence electrons. The minimum absolute atomic E-state index is 0.128. The van der Waals surface area contributed by atoms with Crippen molar-refractivity contribution in [3.05, 3.63) is 24.4 Å². The minimum Gasteiger partial charge on any atom is -0.473 e. The van der Waals surface area contributed by atoms with E-state index in [4.69, 9.17) is 62.0 Å². The Morgan fingerprint density at radius 3 is 1.23 bits per heavy atom. The summed E-state index contributed by atoms with van der Waals surface area (Å²) in [4.78, 5) is 46.6. The molecule has 65 heavy (non-hydrogen) atoms. The first kappa shape index (κ1) is 58.9. The van der Waals surface area contributed by atoms with Gasteiger partial charge in [-0.25, -0.2) is 4.68 Å². The summed E-state index contributed by atoms with van der Waals surface area (Å²) >= 11 is 0. The molecular weight excluding hydrogens is 866 g/mol. The van der Waals surface area contributed by atoms with Gasteiger partial charge in [-0.3, -0.25) is 19.2 Å². The zero-order chi connectivity index (χ0) is 47.1. The summed E-state index contributed by atoms with van der Waals surface area (Å²) in [5.74, 6) is -1.99. The fraction of sp³-hybridized carbons (Fsp3) is 0.795. The number of aromatic nitrogens is 3. The predicted molar refractivity (Wildman–Crippen MR) is 228 cm³/mol. The monoisotopic (exact) mass is 940 g/mol. The van der Waals surface area contributed by atoms with Crippen LogP contribution in [-0.4, -0.2) is 228 Å². The first-order chi connectivity index (χ1) is 31.8. The fourth-order valence-electron chi connectivity index (χ4n) is 4.49. The highest BCUT2D eigenvalue weighted by atomic mass is 16.6. The smallest absolute Gasteiger partial charge is 0.239 e. The lowest BCUT2D eigenvalue weighted by molar-refractivity contribution is -0.128. The Morgan fingerprint density at radius 2 is 0.846 bits per heavy atom. The second-order valence-electron chi connectivity index (χ2n) is 12.9. The normalized spacial score (nSPS) is 11.0. The molecule has 4 amide bonds. The molecule has 0 radical (unpaired) electrons. The van der Waals surface area contributed by atoms with Gasteiger partial charge in [0.2, 0.25) is 23.6 Å². The van der Waals surface area contributed by atoms with Gasteiger partial charge in [-0.1, -0.05) is 5.21 Å². The van der Waals surface area contributed by atoms with Crippen LogP contribution in [0.3, 0.4) is 0 Å². The summed E-state index contributed by atoms with van der Waals surface area (Å²) in [5.41, 5.74) is 2.23. The first-order valence-corrected chi connectivity index (χ1v) is 21.6. The van der Waals surface area contributed by atoms with Crippen LogP contribution in [0.4, 0.5) is 0 Å². The molecule has 0 saturated heterocycles. The third kappa shape index (κ3) is 41.0. The molecule has 0 aliphatic carbocycles. The molecule has 1 aromatic heterocycles. The Kier molecular flexibility index (Phi) is 40.8. The largest absolute Gasteiger partial charge is 0.473 e. The highest BCUT2D eigenvalue weighted by Gasteiger charge is 2.09. The topological polar surface area (TPSA) is 302 Å². The number of nitrogens with one attached hydrogen (secondary N) is 6. The van der Waals surface area contributed by atoms with E-state index in [1.54, 1.807) is 16.4 Å². The fourth-order valence-corrected chi connectivity index (χ4v) is 4.49. The molecular formula is C39H73N9O17. The minimum atomic E-state index is -0.614. The number of hydrogen-bond acceptors (Lipinski definition) is 21. The van der Waals surface area contributed by atoms with Gasteiger partial charge in [0.25, 0.3) is 0 Å². The maximum Gasteiger partial charge on any atom is 0.239 e. The van der Waals surface area contributed by atoms with Crippen LogP contribution in [0.25, 0.3) is 0 Å². The van der Waals surface area contributed by atoms with E-state index < -0.39 is 23.6 Å². The summed E-state index contributed by atoms with van der Waals surface area (Å²) in [7, 11) is 0. The average molecular weight is 940 g/mol. The molecule has 1 rings (SSSR count). The molecule has 7 N–H and O–H groups in total. The number of amides is 4. The molecule has 0 unspecified atom stereocenters. The van der Waals surface area contributed by atoms with Crippen molar-refractivity contribution in [3.8, 4) is 0 Å². The van der Waals surface area contributed by atoms with Crippen molar-refractivity contribution in [2.24, 2.45) is 0 Å². The van der Waals surface area contributed by atoms with Gasteiger partial charge in [-0.2, -0.15) is 5.48 Å². The molecule has 1 heterocycles. The average Bonchev–Trinajstić information content (AvgIpc) is 3.76. The molecule has 0 atom stereocenters. The van der Waals surface area contributed by atoms with E-state index in [0.717, 1.165) is 0 Å². The van der Waals surface area contributed by atoms with Gasteiger partial charge in [0.1, 0.15) is 12.3 Å². The van der Waals surface area contributed by atoms with E-state index in [2.05, 4.69) is 43.5 Å². The molecule has 0 aromatic carbocycles. The maximum absolute atomic E-state index is 12.0. The van der Waals surface area contributed by atoms with Crippen molar-refractivity contribution in [1.29, 1.82) is 0 Å². The van der Waals surface area contributed by atoms with E-state index in [1.165, 1.54) is 0 Å². The Labute approximate surface area is 380 Å². The summed E-state index contributed by atoms with van der Waals surface area (Å²) in [5, 5.41) is 28.9. The number of carbonyl (C=O) groups is 4. The van der Waals surface area contributed by atoms with Crippen LogP contribution < -0.4 is 32.1 Å². The molecule has 0 spiro atoms. The molecule has 0 fully saturated rings. The molecule has 1 aromatic rings. The lowest BCUT2D eigenvalue weighted by Gasteiger charge is -2.11.